The summed E-state index contributed by atoms with van der Waals surface area (Å²) in [5.74, 6) is 0.403. The minimum Gasteiger partial charge on any atom is -0.485 e. The maximum atomic E-state index is 12.2. The lowest BCUT2D eigenvalue weighted by Gasteiger charge is -2.25. The molecule has 0 saturated heterocycles. The summed E-state index contributed by atoms with van der Waals surface area (Å²) in [7, 11) is 0. The number of carbonyl (C=O) groups excluding carboxylic acids is 2. The number of fused-ring (bicyclic) bond motifs is 1. The first-order valence-electron chi connectivity index (χ1n) is 7.70. The Balaban J connectivity index is 1.34. The topological polar surface area (TPSA) is 103 Å². The van der Waals surface area contributed by atoms with Crippen LogP contribution in [0, 0.1) is 0 Å². The minimum absolute atomic E-state index is 0.0468. The van der Waals surface area contributed by atoms with E-state index in [4.69, 9.17) is 14.0 Å². The Hall–Kier alpha value is -3.33. The first kappa shape index (κ1) is 16.2. The summed E-state index contributed by atoms with van der Waals surface area (Å²) in [5, 5.41) is 5.60. The molecule has 3 heterocycles. The van der Waals surface area contributed by atoms with Crippen molar-refractivity contribution in [3.63, 3.8) is 0 Å². The molecule has 2 N–H and O–H groups in total. The van der Waals surface area contributed by atoms with Gasteiger partial charge in [0.15, 0.2) is 23.0 Å². The number of hydrogen-bond acceptors (Lipinski definition) is 7. The summed E-state index contributed by atoms with van der Waals surface area (Å²) >= 11 is 1.47. The maximum absolute atomic E-state index is 12.2. The summed E-state index contributed by atoms with van der Waals surface area (Å²) in [6, 6.07) is 12.3. The summed E-state index contributed by atoms with van der Waals surface area (Å²) in [6.07, 6.45) is -0.871. The van der Waals surface area contributed by atoms with Crippen LogP contribution in [-0.4, -0.2) is 29.7 Å². The number of hydrogen-bond donors (Lipinski definition) is 2. The molecule has 1 atom stereocenters. The van der Waals surface area contributed by atoms with Crippen molar-refractivity contribution in [2.75, 3.05) is 6.61 Å². The van der Waals surface area contributed by atoms with Crippen LogP contribution in [0.2, 0.25) is 0 Å². The second-order valence-corrected chi connectivity index (χ2v) is 6.31. The fourth-order valence-electron chi connectivity index (χ4n) is 2.33. The second kappa shape index (κ2) is 6.89. The molecular weight excluding hydrogens is 358 g/mol. The smallest absolute Gasteiger partial charge is 0.291 e. The molecule has 9 heteroatoms. The molecule has 0 aliphatic carbocycles. The molecule has 2 aromatic heterocycles. The van der Waals surface area contributed by atoms with Crippen molar-refractivity contribution in [2.45, 2.75) is 6.10 Å². The van der Waals surface area contributed by atoms with E-state index < -0.39 is 17.9 Å². The number of thiophene rings is 1. The predicted octanol–water partition coefficient (Wildman–Crippen LogP) is 2.00. The molecule has 0 spiro atoms. The van der Waals surface area contributed by atoms with Gasteiger partial charge >= 0.3 is 0 Å². The third kappa shape index (κ3) is 3.24. The molecule has 0 saturated carbocycles. The molecule has 3 aromatic rings. The number of aromatic nitrogens is 1. The highest BCUT2D eigenvalue weighted by atomic mass is 32.1. The molecule has 26 heavy (non-hydrogen) atoms. The van der Waals surface area contributed by atoms with Gasteiger partial charge in [-0.25, -0.2) is 0 Å². The van der Waals surface area contributed by atoms with Crippen molar-refractivity contribution in [2.24, 2.45) is 0 Å². The Morgan fingerprint density at radius 3 is 2.77 bits per heavy atom. The lowest BCUT2D eigenvalue weighted by Crippen LogP contribution is -2.50. The van der Waals surface area contributed by atoms with Gasteiger partial charge in [0.2, 0.25) is 6.10 Å². The van der Waals surface area contributed by atoms with E-state index in [1.165, 1.54) is 17.4 Å². The summed E-state index contributed by atoms with van der Waals surface area (Å²) in [4.78, 5) is 25.1. The van der Waals surface area contributed by atoms with Crippen LogP contribution in [0.15, 0.2) is 52.4 Å². The molecule has 1 aliphatic rings. The maximum Gasteiger partial charge on any atom is 0.291 e. The normalized spacial score (nSPS) is 15.3. The first-order valence-corrected chi connectivity index (χ1v) is 8.58. The Kier molecular flexibility index (Phi) is 4.28. The van der Waals surface area contributed by atoms with Crippen LogP contribution in [0.25, 0.3) is 10.6 Å². The van der Waals surface area contributed by atoms with Crippen LogP contribution in [0.5, 0.6) is 11.5 Å². The van der Waals surface area contributed by atoms with E-state index in [0.29, 0.717) is 17.3 Å². The van der Waals surface area contributed by atoms with Crippen molar-refractivity contribution in [1.82, 2.24) is 16.0 Å². The van der Waals surface area contributed by atoms with Gasteiger partial charge in [-0.1, -0.05) is 23.4 Å². The zero-order valence-electron chi connectivity index (χ0n) is 13.3. The summed E-state index contributed by atoms with van der Waals surface area (Å²) in [6.45, 7) is 0.0468. The van der Waals surface area contributed by atoms with Crippen LogP contribution in [0.4, 0.5) is 0 Å². The quantitative estimate of drug-likeness (QED) is 0.683. The molecule has 1 unspecified atom stereocenters. The Morgan fingerprint density at radius 2 is 1.96 bits per heavy atom. The van der Waals surface area contributed by atoms with Crippen LogP contribution < -0.4 is 20.3 Å². The third-order valence-electron chi connectivity index (χ3n) is 3.61. The third-order valence-corrected chi connectivity index (χ3v) is 4.49. The van der Waals surface area contributed by atoms with E-state index in [2.05, 4.69) is 16.0 Å². The van der Waals surface area contributed by atoms with Gasteiger partial charge in [0.1, 0.15) is 6.61 Å². The number of para-hydroxylation sites is 2. The molecule has 0 bridgehead atoms. The van der Waals surface area contributed by atoms with Crippen molar-refractivity contribution in [1.29, 1.82) is 0 Å². The Labute approximate surface area is 151 Å². The highest BCUT2D eigenvalue weighted by Gasteiger charge is 2.27. The van der Waals surface area contributed by atoms with E-state index in [9.17, 15) is 9.59 Å². The van der Waals surface area contributed by atoms with Crippen molar-refractivity contribution < 1.29 is 23.6 Å². The zero-order valence-corrected chi connectivity index (χ0v) is 14.1. The van der Waals surface area contributed by atoms with Gasteiger partial charge in [-0.05, 0) is 23.6 Å². The highest BCUT2D eigenvalue weighted by molar-refractivity contribution is 7.13. The second-order valence-electron chi connectivity index (χ2n) is 5.36. The van der Waals surface area contributed by atoms with Gasteiger partial charge in [0.05, 0.1) is 4.88 Å². The number of benzene rings is 1. The van der Waals surface area contributed by atoms with Gasteiger partial charge in [-0.3, -0.25) is 20.4 Å². The first-order chi connectivity index (χ1) is 12.7. The number of nitrogens with zero attached hydrogens (tertiary/aromatic N) is 1. The average Bonchev–Trinajstić information content (AvgIpc) is 3.36. The molecule has 1 aromatic carbocycles. The van der Waals surface area contributed by atoms with Gasteiger partial charge in [-0.15, -0.1) is 11.3 Å². The Bertz CT molecular complexity index is 938. The van der Waals surface area contributed by atoms with E-state index in [1.54, 1.807) is 18.2 Å². The predicted molar refractivity (Wildman–Crippen MR) is 91.8 cm³/mol. The molecule has 0 fully saturated rings. The lowest BCUT2D eigenvalue weighted by molar-refractivity contribution is -0.131. The van der Waals surface area contributed by atoms with Crippen LogP contribution in [-0.2, 0) is 4.79 Å². The molecule has 4 rings (SSSR count). The fraction of sp³-hybridized carbons (Fsp3) is 0.118. The summed E-state index contributed by atoms with van der Waals surface area (Å²) in [5.41, 5.74) is 4.64. The number of rotatable bonds is 3. The number of carbonyl (C=O) groups is 2. The molecule has 2 amide bonds. The molecule has 8 nitrogen and oxygen atoms in total. The van der Waals surface area contributed by atoms with Crippen LogP contribution in [0.3, 0.4) is 0 Å². The van der Waals surface area contributed by atoms with Crippen molar-refractivity contribution in [3.05, 3.63) is 53.5 Å². The molecule has 132 valence electrons. The fourth-order valence-corrected chi connectivity index (χ4v) is 3.00. The number of amides is 2. The largest absolute Gasteiger partial charge is 0.485 e. The number of nitrogens with one attached hydrogen (secondary N) is 2. The van der Waals surface area contributed by atoms with E-state index in [-0.39, 0.29) is 12.3 Å². The molecule has 0 radical (unpaired) electrons. The van der Waals surface area contributed by atoms with Gasteiger partial charge < -0.3 is 14.0 Å². The van der Waals surface area contributed by atoms with E-state index >= 15 is 0 Å². The van der Waals surface area contributed by atoms with E-state index in [1.807, 2.05) is 23.6 Å². The van der Waals surface area contributed by atoms with Crippen molar-refractivity contribution in [3.8, 4) is 22.1 Å². The lowest BCUT2D eigenvalue weighted by atomic mass is 10.2. The monoisotopic (exact) mass is 371 g/mol. The standard InChI is InChI=1S/C17H13N3O5S/c21-16(10-8-13(25-20-10)15-6-3-7-26-15)18-19-17(22)14-9-23-11-4-1-2-5-12(11)24-14/h1-8,14H,9H2,(H,18,21)(H,19,22). The molecular formula is C17H13N3O5S. The van der Waals surface area contributed by atoms with Crippen molar-refractivity contribution >= 4 is 23.2 Å². The molecule has 1 aliphatic heterocycles. The average molecular weight is 371 g/mol. The SMILES string of the molecule is O=C(NNC(=O)C1COc2ccccc2O1)c1cc(-c2cccs2)on1. The highest BCUT2D eigenvalue weighted by Crippen LogP contribution is 2.30. The number of hydrazine groups is 1. The van der Waals surface area contributed by atoms with Gasteiger partial charge in [-0.2, -0.15) is 0 Å². The number of ether oxygens (including phenoxy) is 2. The minimum atomic E-state index is -0.871. The van der Waals surface area contributed by atoms with Gasteiger partial charge in [0, 0.05) is 6.07 Å². The Morgan fingerprint density at radius 1 is 1.12 bits per heavy atom. The summed E-state index contributed by atoms with van der Waals surface area (Å²) < 4.78 is 16.2. The zero-order chi connectivity index (χ0) is 17.9. The van der Waals surface area contributed by atoms with Crippen LogP contribution >= 0.6 is 11.3 Å². The van der Waals surface area contributed by atoms with Crippen LogP contribution in [0.1, 0.15) is 10.5 Å². The van der Waals surface area contributed by atoms with Gasteiger partial charge in [0.25, 0.3) is 11.8 Å². The van der Waals surface area contributed by atoms with E-state index in [0.717, 1.165) is 4.88 Å².